The van der Waals surface area contributed by atoms with E-state index in [0.29, 0.717) is 12.6 Å². The molecule has 3 nitrogen and oxygen atoms in total. The highest BCUT2D eigenvalue weighted by Crippen LogP contribution is 2.09. The van der Waals surface area contributed by atoms with E-state index in [1.165, 1.54) is 6.42 Å². The maximum Gasteiger partial charge on any atom is 0.0906 e. The molecule has 0 aromatic carbocycles. The van der Waals surface area contributed by atoms with Crippen LogP contribution in [-0.2, 0) is 11.3 Å². The van der Waals surface area contributed by atoms with E-state index in [-0.39, 0.29) is 0 Å². The van der Waals surface area contributed by atoms with Gasteiger partial charge in [-0.05, 0) is 25.8 Å². The van der Waals surface area contributed by atoms with Crippen LogP contribution in [0, 0.1) is 0 Å². The van der Waals surface area contributed by atoms with Crippen LogP contribution in [0.1, 0.15) is 51.8 Å². The Balaban J connectivity index is 2.33. The fraction of sp³-hybridized carbons (Fsp3) is 0.750. The summed E-state index contributed by atoms with van der Waals surface area (Å²) in [5.74, 6) is 0. The van der Waals surface area contributed by atoms with Crippen molar-refractivity contribution in [3.8, 4) is 0 Å². The Hall–Kier alpha value is -0.830. The van der Waals surface area contributed by atoms with Crippen molar-refractivity contribution in [1.82, 2.24) is 9.78 Å². The van der Waals surface area contributed by atoms with Crippen LogP contribution in [0.4, 0.5) is 0 Å². The van der Waals surface area contributed by atoms with Crippen molar-refractivity contribution in [1.29, 1.82) is 0 Å². The van der Waals surface area contributed by atoms with Crippen LogP contribution in [0.25, 0.3) is 0 Å². The molecule has 3 heteroatoms. The first-order chi connectivity index (χ1) is 7.27. The maximum atomic E-state index is 5.51. The van der Waals surface area contributed by atoms with E-state index in [9.17, 15) is 0 Å². The van der Waals surface area contributed by atoms with Crippen molar-refractivity contribution in [3.63, 3.8) is 0 Å². The Bertz CT molecular complexity index is 270. The van der Waals surface area contributed by atoms with Crippen LogP contribution in [0.2, 0.25) is 0 Å². The summed E-state index contributed by atoms with van der Waals surface area (Å²) < 4.78 is 7.52. The maximum absolute atomic E-state index is 5.51. The minimum atomic E-state index is 0.481. The van der Waals surface area contributed by atoms with E-state index in [4.69, 9.17) is 4.74 Å². The third kappa shape index (κ3) is 4.04. The zero-order valence-corrected chi connectivity index (χ0v) is 10.1. The Morgan fingerprint density at radius 1 is 1.47 bits per heavy atom. The molecule has 0 amide bonds. The lowest BCUT2D eigenvalue weighted by atomic mass is 10.3. The SMILES string of the molecule is CCCCOCc1ccn([C@@H](C)CC)n1. The molecule has 0 aliphatic carbocycles. The topological polar surface area (TPSA) is 27.1 Å². The van der Waals surface area contributed by atoms with E-state index in [2.05, 4.69) is 25.9 Å². The lowest BCUT2D eigenvalue weighted by Gasteiger charge is -2.08. The monoisotopic (exact) mass is 210 g/mol. The highest BCUT2D eigenvalue weighted by Gasteiger charge is 2.04. The van der Waals surface area contributed by atoms with Crippen molar-refractivity contribution < 1.29 is 4.74 Å². The molecule has 0 aliphatic heterocycles. The highest BCUT2D eigenvalue weighted by molar-refractivity contribution is 4.97. The number of rotatable bonds is 7. The first kappa shape index (κ1) is 12.2. The second-order valence-electron chi connectivity index (χ2n) is 3.95. The number of hydrogen-bond acceptors (Lipinski definition) is 2. The van der Waals surface area contributed by atoms with Gasteiger partial charge in [-0.3, -0.25) is 4.68 Å². The molecule has 0 N–H and O–H groups in total. The second-order valence-corrected chi connectivity index (χ2v) is 3.95. The predicted molar refractivity (Wildman–Crippen MR) is 61.8 cm³/mol. The van der Waals surface area contributed by atoms with E-state index in [1.54, 1.807) is 0 Å². The predicted octanol–water partition coefficient (Wildman–Crippen LogP) is 3.17. The molecule has 1 aromatic heterocycles. The van der Waals surface area contributed by atoms with Gasteiger partial charge in [-0.1, -0.05) is 20.3 Å². The number of hydrogen-bond donors (Lipinski definition) is 0. The fourth-order valence-corrected chi connectivity index (χ4v) is 1.31. The molecule has 0 radical (unpaired) electrons. The Morgan fingerprint density at radius 3 is 2.93 bits per heavy atom. The number of nitrogens with zero attached hydrogens (tertiary/aromatic N) is 2. The van der Waals surface area contributed by atoms with Gasteiger partial charge in [0.1, 0.15) is 0 Å². The normalized spacial score (nSPS) is 13.0. The Morgan fingerprint density at radius 2 is 2.27 bits per heavy atom. The van der Waals surface area contributed by atoms with Gasteiger partial charge < -0.3 is 4.74 Å². The van der Waals surface area contributed by atoms with Crippen molar-refractivity contribution in [2.24, 2.45) is 0 Å². The van der Waals surface area contributed by atoms with Crippen LogP contribution < -0.4 is 0 Å². The van der Waals surface area contributed by atoms with E-state index >= 15 is 0 Å². The van der Waals surface area contributed by atoms with E-state index in [1.807, 2.05) is 16.9 Å². The lowest BCUT2D eigenvalue weighted by Crippen LogP contribution is -2.05. The average molecular weight is 210 g/mol. The van der Waals surface area contributed by atoms with Gasteiger partial charge in [0.05, 0.1) is 12.3 Å². The van der Waals surface area contributed by atoms with Crippen molar-refractivity contribution in [2.45, 2.75) is 52.7 Å². The number of aromatic nitrogens is 2. The zero-order valence-electron chi connectivity index (χ0n) is 10.1. The summed E-state index contributed by atoms with van der Waals surface area (Å²) in [6, 6.07) is 2.52. The van der Waals surface area contributed by atoms with E-state index < -0.39 is 0 Å². The molecule has 1 rings (SSSR count). The molecule has 0 unspecified atom stereocenters. The first-order valence-electron chi connectivity index (χ1n) is 5.89. The molecule has 0 spiro atoms. The second kappa shape index (κ2) is 6.62. The number of unbranched alkanes of at least 4 members (excludes halogenated alkanes) is 1. The Kier molecular flexibility index (Phi) is 5.40. The van der Waals surface area contributed by atoms with Crippen molar-refractivity contribution in [2.75, 3.05) is 6.61 Å². The largest absolute Gasteiger partial charge is 0.375 e. The molecule has 15 heavy (non-hydrogen) atoms. The zero-order chi connectivity index (χ0) is 11.1. The molecule has 86 valence electrons. The molecule has 0 aliphatic rings. The van der Waals surface area contributed by atoms with Gasteiger partial charge in [-0.2, -0.15) is 5.10 Å². The fourth-order valence-electron chi connectivity index (χ4n) is 1.31. The smallest absolute Gasteiger partial charge is 0.0906 e. The van der Waals surface area contributed by atoms with Gasteiger partial charge in [0.2, 0.25) is 0 Å². The molecule has 0 bridgehead atoms. The highest BCUT2D eigenvalue weighted by atomic mass is 16.5. The third-order valence-corrected chi connectivity index (χ3v) is 2.60. The summed E-state index contributed by atoms with van der Waals surface area (Å²) in [6.07, 6.45) is 5.46. The van der Waals surface area contributed by atoms with Crippen molar-refractivity contribution >= 4 is 0 Å². The first-order valence-corrected chi connectivity index (χ1v) is 5.89. The van der Waals surface area contributed by atoms with Gasteiger partial charge in [0, 0.05) is 18.8 Å². The molecule has 0 saturated heterocycles. The lowest BCUT2D eigenvalue weighted by molar-refractivity contribution is 0.115. The van der Waals surface area contributed by atoms with Gasteiger partial charge in [-0.15, -0.1) is 0 Å². The van der Waals surface area contributed by atoms with Crippen LogP contribution in [0.15, 0.2) is 12.3 Å². The molecule has 0 fully saturated rings. The summed E-state index contributed by atoms with van der Waals surface area (Å²) in [6.45, 7) is 8.00. The van der Waals surface area contributed by atoms with Gasteiger partial charge in [-0.25, -0.2) is 0 Å². The standard InChI is InChI=1S/C12H22N2O/c1-4-6-9-15-10-12-7-8-14(13-12)11(3)5-2/h7-8,11H,4-6,9-10H2,1-3H3/t11-/m0/s1. The molecule has 0 saturated carbocycles. The third-order valence-electron chi connectivity index (χ3n) is 2.60. The minimum Gasteiger partial charge on any atom is -0.375 e. The van der Waals surface area contributed by atoms with Crippen molar-refractivity contribution in [3.05, 3.63) is 18.0 Å². The van der Waals surface area contributed by atoms with Gasteiger partial charge in [0.25, 0.3) is 0 Å². The van der Waals surface area contributed by atoms with Gasteiger partial charge >= 0.3 is 0 Å². The minimum absolute atomic E-state index is 0.481. The number of ether oxygens (including phenoxy) is 1. The Labute approximate surface area is 92.4 Å². The summed E-state index contributed by atoms with van der Waals surface area (Å²) in [4.78, 5) is 0. The molecular weight excluding hydrogens is 188 g/mol. The summed E-state index contributed by atoms with van der Waals surface area (Å²) in [7, 11) is 0. The van der Waals surface area contributed by atoms with Crippen LogP contribution in [0.5, 0.6) is 0 Å². The molecular formula is C12H22N2O. The van der Waals surface area contributed by atoms with Crippen LogP contribution in [0.3, 0.4) is 0 Å². The average Bonchev–Trinajstić information content (AvgIpc) is 2.72. The molecule has 1 aromatic rings. The van der Waals surface area contributed by atoms with Gasteiger partial charge in [0.15, 0.2) is 0 Å². The summed E-state index contributed by atoms with van der Waals surface area (Å²) >= 11 is 0. The quantitative estimate of drug-likeness (QED) is 0.646. The van der Waals surface area contributed by atoms with Crippen LogP contribution in [-0.4, -0.2) is 16.4 Å². The molecule has 1 atom stereocenters. The summed E-state index contributed by atoms with van der Waals surface area (Å²) in [5.41, 5.74) is 1.03. The summed E-state index contributed by atoms with van der Waals surface area (Å²) in [5, 5.41) is 4.47. The molecule has 1 heterocycles. The van der Waals surface area contributed by atoms with Crippen LogP contribution >= 0.6 is 0 Å². The van der Waals surface area contributed by atoms with E-state index in [0.717, 1.165) is 25.1 Å².